The van der Waals surface area contributed by atoms with Gasteiger partial charge >= 0.3 is 49.7 Å². The minimum atomic E-state index is -0.920. The summed E-state index contributed by atoms with van der Waals surface area (Å²) in [6.07, 6.45) is 63.1. The molecule has 0 radical (unpaired) electrons. The maximum atomic E-state index is 12.2. The van der Waals surface area contributed by atoms with Crippen molar-refractivity contribution in [1.82, 2.24) is 0 Å². The van der Waals surface area contributed by atoms with E-state index in [1.165, 1.54) is 218 Å². The van der Waals surface area contributed by atoms with E-state index in [0.717, 1.165) is 103 Å². The summed E-state index contributed by atoms with van der Waals surface area (Å²) in [5.41, 5.74) is 0. The zero-order chi connectivity index (χ0) is 53.1. The minimum absolute atomic E-state index is 0. The Morgan fingerprint density at radius 1 is 0.274 bits per heavy atom. The molecular formula is C64H122CaO8. The largest absolute Gasteiger partial charge is 2.00 e. The number of carbonyl (C=O) groups excluding carboxylic acids is 4. The molecule has 2 unspecified atom stereocenters. The first-order valence-electron chi connectivity index (χ1n) is 32.0. The van der Waals surface area contributed by atoms with Crippen LogP contribution in [-0.4, -0.2) is 73.8 Å². The third-order valence-electron chi connectivity index (χ3n) is 14.8. The molecule has 2 atom stereocenters. The Morgan fingerprint density at radius 2 is 0.452 bits per heavy atom. The van der Waals surface area contributed by atoms with E-state index in [4.69, 9.17) is 9.47 Å². The van der Waals surface area contributed by atoms with Gasteiger partial charge < -0.3 is 29.3 Å². The number of esters is 2. The maximum Gasteiger partial charge on any atom is 2.00 e. The summed E-state index contributed by atoms with van der Waals surface area (Å²) in [5.74, 6) is -1.82. The molecule has 73 heavy (non-hydrogen) atoms. The Morgan fingerprint density at radius 3 is 0.644 bits per heavy atom. The molecule has 0 heterocycles. The Labute approximate surface area is 483 Å². The number of carboxylic acids is 2. The molecule has 0 N–H and O–H groups in total. The van der Waals surface area contributed by atoms with E-state index >= 15 is 0 Å². The smallest absolute Gasteiger partial charge is 0.550 e. The molecule has 0 amide bonds. The van der Waals surface area contributed by atoms with Gasteiger partial charge in [0.1, 0.15) is 12.2 Å². The number of rotatable bonds is 58. The number of carboxylic acid groups (broad SMARTS) is 2. The van der Waals surface area contributed by atoms with Crippen LogP contribution in [0.15, 0.2) is 0 Å². The molecule has 0 aromatic rings. The fourth-order valence-corrected chi connectivity index (χ4v) is 9.87. The summed E-state index contributed by atoms with van der Waals surface area (Å²) in [4.78, 5) is 45.1. The molecule has 0 saturated heterocycles. The topological polar surface area (TPSA) is 133 Å². The predicted molar refractivity (Wildman–Crippen MR) is 308 cm³/mol. The van der Waals surface area contributed by atoms with Crippen molar-refractivity contribution in [3.05, 3.63) is 0 Å². The van der Waals surface area contributed by atoms with Crippen molar-refractivity contribution in [1.29, 1.82) is 0 Å². The third kappa shape index (κ3) is 67.2. The number of aliphatic carboxylic acids is 2. The number of unbranched alkanes of at least 4 members (excludes halogenated alkanes) is 42. The molecule has 0 fully saturated rings. The number of ether oxygens (including phenoxy) is 2. The van der Waals surface area contributed by atoms with Crippen LogP contribution in [0.4, 0.5) is 0 Å². The first-order chi connectivity index (χ1) is 35.2. The van der Waals surface area contributed by atoms with E-state index in [1.807, 2.05) is 0 Å². The Balaban J connectivity index is -0.00000132. The molecular weight excluding hydrogens is 937 g/mol. The molecule has 0 aliphatic rings. The molecule has 0 bridgehead atoms. The second kappa shape index (κ2) is 65.4. The summed E-state index contributed by atoms with van der Waals surface area (Å²) in [5, 5.41) is 20.7. The molecule has 0 saturated carbocycles. The molecule has 8 nitrogen and oxygen atoms in total. The monoisotopic (exact) mass is 1060 g/mol. The minimum Gasteiger partial charge on any atom is -0.550 e. The van der Waals surface area contributed by atoms with Crippen LogP contribution >= 0.6 is 0 Å². The van der Waals surface area contributed by atoms with Gasteiger partial charge in [0.2, 0.25) is 0 Å². The van der Waals surface area contributed by atoms with E-state index in [0.29, 0.717) is 12.8 Å². The van der Waals surface area contributed by atoms with Gasteiger partial charge in [0, 0.05) is 24.8 Å². The number of hydrogen-bond donors (Lipinski definition) is 0. The van der Waals surface area contributed by atoms with Crippen molar-refractivity contribution in [2.24, 2.45) is 0 Å². The predicted octanol–water partition coefficient (Wildman–Crippen LogP) is 18.1. The van der Waals surface area contributed by atoms with Crippen LogP contribution in [-0.2, 0) is 28.7 Å². The van der Waals surface area contributed by atoms with E-state index in [1.54, 1.807) is 0 Å². The summed E-state index contributed by atoms with van der Waals surface area (Å²) in [7, 11) is 0. The zero-order valence-corrected chi connectivity index (χ0v) is 51.5. The molecule has 0 aromatic heterocycles. The van der Waals surface area contributed by atoms with Crippen molar-refractivity contribution in [3.63, 3.8) is 0 Å². The Hall–Kier alpha value is -0.860. The molecule has 0 rings (SSSR count). The average Bonchev–Trinajstić information content (AvgIpc) is 3.36. The molecule has 0 aliphatic heterocycles. The third-order valence-corrected chi connectivity index (χ3v) is 14.8. The molecule has 428 valence electrons. The second-order valence-electron chi connectivity index (χ2n) is 21.9. The Kier molecular flexibility index (Phi) is 68.4. The molecule has 9 heteroatoms. The summed E-state index contributed by atoms with van der Waals surface area (Å²) >= 11 is 0. The normalized spacial score (nSPS) is 11.9. The van der Waals surface area contributed by atoms with Gasteiger partial charge in [-0.05, 0) is 77.0 Å². The van der Waals surface area contributed by atoms with Gasteiger partial charge in [-0.15, -0.1) is 0 Å². The fraction of sp³-hybridized carbons (Fsp3) is 0.938. The van der Waals surface area contributed by atoms with Crippen molar-refractivity contribution in [2.75, 3.05) is 0 Å². The quantitative estimate of drug-likeness (QED) is 0.0334. The van der Waals surface area contributed by atoms with Crippen molar-refractivity contribution in [2.45, 2.75) is 387 Å². The Bertz CT molecular complexity index is 1050. The van der Waals surface area contributed by atoms with Crippen LogP contribution < -0.4 is 10.2 Å². The summed E-state index contributed by atoms with van der Waals surface area (Å²) in [6, 6.07) is 0. The maximum absolute atomic E-state index is 12.2. The number of carbonyl (C=O) groups is 4. The molecule has 0 aromatic carbocycles. The standard InChI is InChI=1S/2C32H62O4.Ca/c2*1-3-5-6-7-8-9-12-17-20-23-26-29-32(35)36-30(4-2)27-24-21-18-15-13-10-11-14-16-19-22-25-28-31(33)34;/h2*30H,3-29H2,1-2H3,(H,33,34);/q;;+2/p-2. The second-order valence-corrected chi connectivity index (χ2v) is 21.9. The van der Waals surface area contributed by atoms with E-state index < -0.39 is 11.9 Å². The summed E-state index contributed by atoms with van der Waals surface area (Å²) < 4.78 is 11.5. The van der Waals surface area contributed by atoms with Crippen LogP contribution in [0, 0.1) is 0 Å². The van der Waals surface area contributed by atoms with Gasteiger partial charge in [0.25, 0.3) is 0 Å². The zero-order valence-electron chi connectivity index (χ0n) is 49.3. The molecule has 0 aliphatic carbocycles. The first kappa shape index (κ1) is 76.4. The van der Waals surface area contributed by atoms with Gasteiger partial charge in [-0.3, -0.25) is 9.59 Å². The number of hydrogen-bond acceptors (Lipinski definition) is 8. The summed E-state index contributed by atoms with van der Waals surface area (Å²) in [6.45, 7) is 8.79. The van der Waals surface area contributed by atoms with Crippen LogP contribution in [0.5, 0.6) is 0 Å². The van der Waals surface area contributed by atoms with Crippen molar-refractivity contribution in [3.8, 4) is 0 Å². The molecule has 0 spiro atoms. The van der Waals surface area contributed by atoms with Gasteiger partial charge in [0.15, 0.2) is 0 Å². The van der Waals surface area contributed by atoms with E-state index in [9.17, 15) is 29.4 Å². The van der Waals surface area contributed by atoms with Crippen LogP contribution in [0.2, 0.25) is 0 Å². The van der Waals surface area contributed by atoms with E-state index in [2.05, 4.69) is 27.7 Å². The van der Waals surface area contributed by atoms with Crippen LogP contribution in [0.1, 0.15) is 374 Å². The average molecular weight is 1060 g/mol. The first-order valence-corrected chi connectivity index (χ1v) is 32.0. The van der Waals surface area contributed by atoms with E-state index in [-0.39, 0.29) is 74.7 Å². The fourth-order valence-electron chi connectivity index (χ4n) is 9.87. The van der Waals surface area contributed by atoms with Crippen molar-refractivity contribution < 1.29 is 38.9 Å². The van der Waals surface area contributed by atoms with Crippen LogP contribution in [0.25, 0.3) is 0 Å². The van der Waals surface area contributed by atoms with Crippen LogP contribution in [0.3, 0.4) is 0 Å². The SMILES string of the molecule is CCCCCCCCCCCCCC(=O)OC(CC)CCCCCCCCCCCCCCC(=O)[O-].CCCCCCCCCCCCCC(=O)OC(CC)CCCCCCCCCCCCCCC(=O)[O-].[Ca+2]. The van der Waals surface area contributed by atoms with Gasteiger partial charge in [-0.25, -0.2) is 0 Å². The van der Waals surface area contributed by atoms with Gasteiger partial charge in [0.05, 0.1) is 0 Å². The van der Waals surface area contributed by atoms with Gasteiger partial charge in [-0.2, -0.15) is 0 Å². The van der Waals surface area contributed by atoms with Gasteiger partial charge in [-0.1, -0.05) is 285 Å². The van der Waals surface area contributed by atoms with Crippen molar-refractivity contribution >= 4 is 61.6 Å².